The lowest BCUT2D eigenvalue weighted by Gasteiger charge is -2.19. The number of halogens is 1. The molecule has 4 rings (SSSR count). The Balaban J connectivity index is 1.70. The second kappa shape index (κ2) is 7.33. The summed E-state index contributed by atoms with van der Waals surface area (Å²) in [6.07, 6.45) is 3.87. The molecule has 4 aromatic rings. The van der Waals surface area contributed by atoms with Crippen molar-refractivity contribution >= 4 is 28.4 Å². The van der Waals surface area contributed by atoms with Crippen LogP contribution in [0.15, 0.2) is 73.1 Å². The van der Waals surface area contributed by atoms with Crippen molar-refractivity contribution in [2.45, 2.75) is 5.92 Å². The van der Waals surface area contributed by atoms with Crippen molar-refractivity contribution in [1.82, 2.24) is 14.9 Å². The van der Waals surface area contributed by atoms with Crippen LogP contribution in [0.5, 0.6) is 0 Å². The number of aryl methyl sites for hydroxylation is 1. The van der Waals surface area contributed by atoms with E-state index in [-0.39, 0.29) is 11.8 Å². The summed E-state index contributed by atoms with van der Waals surface area (Å²) in [4.78, 5) is 15.9. The number of rotatable bonds is 5. The van der Waals surface area contributed by atoms with Crippen LogP contribution in [0.2, 0.25) is 5.02 Å². The van der Waals surface area contributed by atoms with E-state index in [4.69, 9.17) is 11.6 Å². The van der Waals surface area contributed by atoms with Crippen LogP contribution in [0, 0.1) is 0 Å². The lowest BCUT2D eigenvalue weighted by molar-refractivity contribution is 0.0944. The van der Waals surface area contributed by atoms with Crippen LogP contribution in [-0.4, -0.2) is 22.0 Å². The summed E-state index contributed by atoms with van der Waals surface area (Å²) in [5.41, 5.74) is 3.81. The van der Waals surface area contributed by atoms with E-state index in [1.165, 1.54) is 0 Å². The van der Waals surface area contributed by atoms with Gasteiger partial charge in [0.05, 0.1) is 0 Å². The second-order valence-electron chi connectivity index (χ2n) is 6.58. The SMILES string of the molecule is Cn1cccc1C(=O)NCC(c1ccccc1Cl)c1c[nH]c2ccccc12. The Kier molecular flexibility index (Phi) is 4.73. The fourth-order valence-corrected chi connectivity index (χ4v) is 3.78. The average Bonchev–Trinajstić information content (AvgIpc) is 3.30. The maximum atomic E-state index is 12.6. The molecule has 5 heteroatoms. The van der Waals surface area contributed by atoms with Crippen molar-refractivity contribution in [3.05, 3.63) is 94.9 Å². The minimum Gasteiger partial charge on any atom is -0.361 e. The Hall–Kier alpha value is -2.98. The van der Waals surface area contributed by atoms with Crippen molar-refractivity contribution < 1.29 is 4.79 Å². The van der Waals surface area contributed by atoms with Gasteiger partial charge in [0.15, 0.2) is 0 Å². The first-order chi connectivity index (χ1) is 13.1. The molecule has 0 aliphatic rings. The second-order valence-corrected chi connectivity index (χ2v) is 6.99. The van der Waals surface area contributed by atoms with Gasteiger partial charge in [-0.15, -0.1) is 0 Å². The number of nitrogens with zero attached hydrogens (tertiary/aromatic N) is 1. The fourth-order valence-electron chi connectivity index (χ4n) is 3.51. The molecule has 0 aliphatic carbocycles. The smallest absolute Gasteiger partial charge is 0.267 e. The maximum absolute atomic E-state index is 12.6. The van der Waals surface area contributed by atoms with E-state index in [0.29, 0.717) is 17.3 Å². The summed E-state index contributed by atoms with van der Waals surface area (Å²) in [6, 6.07) is 19.6. The molecule has 1 unspecified atom stereocenters. The zero-order chi connectivity index (χ0) is 18.8. The lowest BCUT2D eigenvalue weighted by Crippen LogP contribution is -2.30. The van der Waals surface area contributed by atoms with Crippen LogP contribution >= 0.6 is 11.6 Å². The first-order valence-corrected chi connectivity index (χ1v) is 9.23. The number of carbonyl (C=O) groups is 1. The third kappa shape index (κ3) is 3.36. The predicted molar refractivity (Wildman–Crippen MR) is 109 cm³/mol. The first kappa shape index (κ1) is 17.4. The number of fused-ring (bicyclic) bond motifs is 1. The molecule has 0 bridgehead atoms. The molecule has 27 heavy (non-hydrogen) atoms. The highest BCUT2D eigenvalue weighted by Crippen LogP contribution is 2.34. The van der Waals surface area contributed by atoms with E-state index in [1.54, 1.807) is 0 Å². The summed E-state index contributed by atoms with van der Waals surface area (Å²) in [6.45, 7) is 0.454. The van der Waals surface area contributed by atoms with Gasteiger partial charge in [0, 0.05) is 47.8 Å². The number of nitrogens with one attached hydrogen (secondary N) is 2. The molecule has 0 fully saturated rings. The number of H-pyrrole nitrogens is 1. The summed E-state index contributed by atoms with van der Waals surface area (Å²) >= 11 is 6.50. The van der Waals surface area contributed by atoms with Crippen LogP contribution in [0.4, 0.5) is 0 Å². The number of para-hydroxylation sites is 1. The van der Waals surface area contributed by atoms with Crippen LogP contribution in [-0.2, 0) is 7.05 Å². The predicted octanol–water partition coefficient (Wildman–Crippen LogP) is 4.72. The van der Waals surface area contributed by atoms with E-state index < -0.39 is 0 Å². The largest absolute Gasteiger partial charge is 0.361 e. The minimum absolute atomic E-state index is 0.0564. The van der Waals surface area contributed by atoms with E-state index in [1.807, 2.05) is 78.6 Å². The normalized spacial score (nSPS) is 12.2. The fraction of sp³-hybridized carbons (Fsp3) is 0.136. The molecule has 2 aromatic carbocycles. The van der Waals surface area contributed by atoms with Gasteiger partial charge in [0.2, 0.25) is 0 Å². The molecule has 1 atom stereocenters. The third-order valence-corrected chi connectivity index (χ3v) is 5.26. The van der Waals surface area contributed by atoms with Gasteiger partial charge in [-0.1, -0.05) is 48.0 Å². The first-order valence-electron chi connectivity index (χ1n) is 8.85. The number of hydrogen-bond acceptors (Lipinski definition) is 1. The molecular formula is C22H20ClN3O. The molecule has 0 saturated carbocycles. The van der Waals surface area contributed by atoms with Crippen molar-refractivity contribution in [1.29, 1.82) is 0 Å². The summed E-state index contributed by atoms with van der Waals surface area (Å²) in [5, 5.41) is 4.90. The number of aromatic nitrogens is 2. The highest BCUT2D eigenvalue weighted by atomic mass is 35.5. The van der Waals surface area contributed by atoms with Gasteiger partial charge in [-0.05, 0) is 35.4 Å². The highest BCUT2D eigenvalue weighted by Gasteiger charge is 2.21. The van der Waals surface area contributed by atoms with Crippen molar-refractivity contribution in [3.63, 3.8) is 0 Å². The topological polar surface area (TPSA) is 49.8 Å². The molecule has 0 radical (unpaired) electrons. The molecule has 2 aromatic heterocycles. The molecular weight excluding hydrogens is 358 g/mol. The van der Waals surface area contributed by atoms with Crippen LogP contribution in [0.3, 0.4) is 0 Å². The van der Waals surface area contributed by atoms with Gasteiger partial charge >= 0.3 is 0 Å². The highest BCUT2D eigenvalue weighted by molar-refractivity contribution is 6.31. The van der Waals surface area contributed by atoms with E-state index >= 15 is 0 Å². The van der Waals surface area contributed by atoms with Crippen LogP contribution in [0.25, 0.3) is 10.9 Å². The molecule has 0 spiro atoms. The summed E-state index contributed by atoms with van der Waals surface area (Å²) in [5.74, 6) is -0.154. The molecule has 1 amide bonds. The average molecular weight is 378 g/mol. The van der Waals surface area contributed by atoms with Crippen LogP contribution < -0.4 is 5.32 Å². The zero-order valence-corrected chi connectivity index (χ0v) is 15.7. The van der Waals surface area contributed by atoms with E-state index in [0.717, 1.165) is 22.0 Å². The molecule has 2 N–H and O–H groups in total. The molecule has 4 nitrogen and oxygen atoms in total. The number of amides is 1. The standard InChI is InChI=1S/C22H20ClN3O/c1-26-12-6-11-21(26)22(27)25-14-17(15-7-2-4-9-19(15)23)18-13-24-20-10-5-3-8-16(18)20/h2-13,17,24H,14H2,1H3,(H,25,27). The van der Waals surface area contributed by atoms with Gasteiger partial charge in [-0.2, -0.15) is 0 Å². The van der Waals surface area contributed by atoms with Gasteiger partial charge in [-0.3, -0.25) is 4.79 Å². The summed E-state index contributed by atoms with van der Waals surface area (Å²) in [7, 11) is 1.86. The van der Waals surface area contributed by atoms with E-state index in [9.17, 15) is 4.79 Å². The molecule has 0 saturated heterocycles. The summed E-state index contributed by atoms with van der Waals surface area (Å²) < 4.78 is 1.81. The Morgan fingerprint density at radius 3 is 2.63 bits per heavy atom. The lowest BCUT2D eigenvalue weighted by atomic mass is 9.90. The van der Waals surface area contributed by atoms with Gasteiger partial charge < -0.3 is 14.9 Å². The zero-order valence-electron chi connectivity index (χ0n) is 14.9. The number of carbonyl (C=O) groups excluding carboxylic acids is 1. The van der Waals surface area contributed by atoms with Crippen molar-refractivity contribution in [2.24, 2.45) is 7.05 Å². The Morgan fingerprint density at radius 2 is 1.85 bits per heavy atom. The number of benzene rings is 2. The third-order valence-electron chi connectivity index (χ3n) is 4.92. The quantitative estimate of drug-likeness (QED) is 0.519. The molecule has 136 valence electrons. The molecule has 2 heterocycles. The Bertz CT molecular complexity index is 1100. The Labute approximate surface area is 162 Å². The number of hydrogen-bond donors (Lipinski definition) is 2. The molecule has 0 aliphatic heterocycles. The monoisotopic (exact) mass is 377 g/mol. The minimum atomic E-state index is -0.0978. The Morgan fingerprint density at radius 1 is 1.07 bits per heavy atom. The van der Waals surface area contributed by atoms with E-state index in [2.05, 4.69) is 16.4 Å². The van der Waals surface area contributed by atoms with Crippen molar-refractivity contribution in [3.8, 4) is 0 Å². The van der Waals surface area contributed by atoms with Gasteiger partial charge in [0.25, 0.3) is 5.91 Å². The van der Waals surface area contributed by atoms with Crippen molar-refractivity contribution in [2.75, 3.05) is 6.54 Å². The maximum Gasteiger partial charge on any atom is 0.267 e. The van der Waals surface area contributed by atoms with Gasteiger partial charge in [0.1, 0.15) is 5.69 Å². The number of aromatic amines is 1. The van der Waals surface area contributed by atoms with Crippen LogP contribution in [0.1, 0.15) is 27.5 Å². The van der Waals surface area contributed by atoms with Gasteiger partial charge in [-0.25, -0.2) is 0 Å².